The van der Waals surface area contributed by atoms with Crippen molar-refractivity contribution < 1.29 is 0 Å². The van der Waals surface area contributed by atoms with Crippen molar-refractivity contribution in [3.8, 4) is 24.3 Å². The largest absolute Gasteiger partial charge is 0.326 e. The lowest BCUT2D eigenvalue weighted by molar-refractivity contribution is 1.05. The van der Waals surface area contributed by atoms with Crippen molar-refractivity contribution in [3.05, 3.63) is 34.2 Å². The Morgan fingerprint density at radius 2 is 1.50 bits per heavy atom. The Hall–Kier alpha value is -3.12. The summed E-state index contributed by atoms with van der Waals surface area (Å²) in [7, 11) is 0. The summed E-state index contributed by atoms with van der Waals surface area (Å²) in [5.41, 5.74) is 6.01. The quantitative estimate of drug-likeness (QED) is 0.703. The fourth-order valence-corrected chi connectivity index (χ4v) is 1.46. The second-order valence-electron chi connectivity index (χ2n) is 3.27. The van der Waals surface area contributed by atoms with E-state index in [1.807, 2.05) is 0 Å². The molecule has 18 heavy (non-hydrogen) atoms. The molecule has 84 valence electrons. The molecule has 1 aromatic rings. The lowest BCUT2D eigenvalue weighted by Gasteiger charge is -1.99. The maximum Gasteiger partial charge on any atom is 0.137 e. The molecule has 1 rings (SSSR count). The number of rotatable bonds is 1. The molecule has 0 aliphatic carbocycles. The van der Waals surface area contributed by atoms with Gasteiger partial charge in [-0.05, 0) is 11.6 Å². The zero-order valence-corrected chi connectivity index (χ0v) is 9.31. The molecule has 0 spiro atoms. The standard InChI is InChI=1S/C13H7N5/c14-4-10-3-9(11(5-15)6-16)1-2-13(10)12(7-17)8-18/h1-3H,4,14H2. The van der Waals surface area contributed by atoms with E-state index in [-0.39, 0.29) is 17.7 Å². The highest BCUT2D eigenvalue weighted by Crippen LogP contribution is 1.94. The van der Waals surface area contributed by atoms with Gasteiger partial charge < -0.3 is 5.73 Å². The number of hydrogen-bond donors (Lipinski definition) is 1. The molecule has 0 unspecified atom stereocenters. The first-order valence-corrected chi connectivity index (χ1v) is 4.89. The van der Waals surface area contributed by atoms with Gasteiger partial charge in [-0.25, -0.2) is 0 Å². The van der Waals surface area contributed by atoms with Gasteiger partial charge in [0.2, 0.25) is 0 Å². The number of nitriles is 4. The molecule has 5 nitrogen and oxygen atoms in total. The Labute approximate surface area is 104 Å². The highest BCUT2D eigenvalue weighted by atomic mass is 14.5. The maximum absolute atomic E-state index is 8.81. The second-order valence-corrected chi connectivity index (χ2v) is 3.27. The van der Waals surface area contributed by atoms with Crippen molar-refractivity contribution in [3.63, 3.8) is 0 Å². The fraction of sp³-hybridized carbons (Fsp3) is 0.0769. The molecule has 0 saturated carbocycles. The molecule has 0 aliphatic rings. The smallest absolute Gasteiger partial charge is 0.137 e. The van der Waals surface area contributed by atoms with Crippen LogP contribution in [0.25, 0.3) is 11.1 Å². The first kappa shape index (κ1) is 12.9. The molecule has 5 heteroatoms. The lowest BCUT2D eigenvalue weighted by Crippen LogP contribution is -2.20. The summed E-state index contributed by atoms with van der Waals surface area (Å²) in [5.74, 6) is 0. The summed E-state index contributed by atoms with van der Waals surface area (Å²) in [6.45, 7) is 0.111. The zero-order chi connectivity index (χ0) is 13.5. The molecule has 0 atom stereocenters. The van der Waals surface area contributed by atoms with Gasteiger partial charge in [0.1, 0.15) is 35.4 Å². The lowest BCUT2D eigenvalue weighted by atomic mass is 10.0. The highest BCUT2D eigenvalue weighted by molar-refractivity contribution is 5.75. The van der Waals surface area contributed by atoms with Gasteiger partial charge in [-0.1, -0.05) is 12.1 Å². The van der Waals surface area contributed by atoms with Gasteiger partial charge in [-0.3, -0.25) is 0 Å². The molecule has 0 bridgehead atoms. The van der Waals surface area contributed by atoms with Crippen LogP contribution in [0.4, 0.5) is 0 Å². The molecule has 0 aromatic heterocycles. The summed E-state index contributed by atoms with van der Waals surface area (Å²) in [6.07, 6.45) is 0. The SMILES string of the molecule is N#CC(C#N)=c1ccc(=C(C#N)C#N)c(CN)c1. The van der Waals surface area contributed by atoms with Crippen LogP contribution in [0.5, 0.6) is 0 Å². The Kier molecular flexibility index (Phi) is 4.19. The van der Waals surface area contributed by atoms with Gasteiger partial charge in [-0.2, -0.15) is 21.0 Å². The van der Waals surface area contributed by atoms with Gasteiger partial charge in [-0.15, -0.1) is 0 Å². The molecule has 0 amide bonds. The van der Waals surface area contributed by atoms with Crippen molar-refractivity contribution in [1.82, 2.24) is 0 Å². The third-order valence-electron chi connectivity index (χ3n) is 2.33. The molecular weight excluding hydrogens is 226 g/mol. The third-order valence-corrected chi connectivity index (χ3v) is 2.33. The first-order chi connectivity index (χ1) is 8.71. The molecule has 1 aromatic carbocycles. The Morgan fingerprint density at radius 3 is 1.94 bits per heavy atom. The van der Waals surface area contributed by atoms with Crippen molar-refractivity contribution in [2.24, 2.45) is 5.73 Å². The van der Waals surface area contributed by atoms with E-state index in [1.54, 1.807) is 30.3 Å². The highest BCUT2D eigenvalue weighted by Gasteiger charge is 2.02. The monoisotopic (exact) mass is 233 g/mol. The van der Waals surface area contributed by atoms with E-state index in [0.717, 1.165) is 0 Å². The summed E-state index contributed by atoms with van der Waals surface area (Å²) < 4.78 is 0. The van der Waals surface area contributed by atoms with Gasteiger partial charge in [0.25, 0.3) is 0 Å². The topological polar surface area (TPSA) is 121 Å². The van der Waals surface area contributed by atoms with E-state index in [4.69, 9.17) is 26.8 Å². The molecular formula is C13H7N5. The summed E-state index contributed by atoms with van der Waals surface area (Å²) in [6, 6.07) is 11.7. The summed E-state index contributed by atoms with van der Waals surface area (Å²) in [5, 5.41) is 36.0. The van der Waals surface area contributed by atoms with Gasteiger partial charge in [0.15, 0.2) is 0 Å². The van der Waals surface area contributed by atoms with Gasteiger partial charge in [0, 0.05) is 17.0 Å². The van der Waals surface area contributed by atoms with Crippen LogP contribution in [0.1, 0.15) is 5.56 Å². The van der Waals surface area contributed by atoms with Crippen molar-refractivity contribution >= 4 is 11.1 Å². The van der Waals surface area contributed by atoms with Gasteiger partial charge in [0.05, 0.1) is 0 Å². The Balaban J connectivity index is 3.83. The average Bonchev–Trinajstić information content (AvgIpc) is 2.42. The summed E-state index contributed by atoms with van der Waals surface area (Å²) >= 11 is 0. The minimum absolute atomic E-state index is 0.0354. The predicted molar refractivity (Wildman–Crippen MR) is 62.9 cm³/mol. The molecule has 2 N–H and O–H groups in total. The van der Waals surface area contributed by atoms with E-state index in [9.17, 15) is 0 Å². The van der Waals surface area contributed by atoms with Crippen LogP contribution in [-0.4, -0.2) is 0 Å². The number of hydrogen-bond acceptors (Lipinski definition) is 5. The second kappa shape index (κ2) is 5.83. The fourth-order valence-electron chi connectivity index (χ4n) is 1.46. The van der Waals surface area contributed by atoms with E-state index >= 15 is 0 Å². The molecule has 0 saturated heterocycles. The van der Waals surface area contributed by atoms with Crippen LogP contribution < -0.4 is 16.2 Å². The van der Waals surface area contributed by atoms with Gasteiger partial charge >= 0.3 is 0 Å². The third kappa shape index (κ3) is 2.34. The number of nitrogens with two attached hydrogens (primary N) is 1. The minimum atomic E-state index is -0.0440. The zero-order valence-electron chi connectivity index (χ0n) is 9.31. The van der Waals surface area contributed by atoms with E-state index in [0.29, 0.717) is 16.0 Å². The van der Waals surface area contributed by atoms with Crippen LogP contribution >= 0.6 is 0 Å². The Bertz CT molecular complexity index is 728. The van der Waals surface area contributed by atoms with Crippen LogP contribution in [0, 0.1) is 45.3 Å². The van der Waals surface area contributed by atoms with Crippen LogP contribution in [0.15, 0.2) is 18.2 Å². The number of benzene rings is 1. The van der Waals surface area contributed by atoms with Crippen molar-refractivity contribution in [1.29, 1.82) is 21.0 Å². The van der Waals surface area contributed by atoms with E-state index in [2.05, 4.69) is 0 Å². The van der Waals surface area contributed by atoms with Crippen molar-refractivity contribution in [2.75, 3.05) is 0 Å². The van der Waals surface area contributed by atoms with Crippen LogP contribution in [0.2, 0.25) is 0 Å². The predicted octanol–water partition coefficient (Wildman–Crippen LogP) is -0.459. The van der Waals surface area contributed by atoms with Crippen molar-refractivity contribution in [2.45, 2.75) is 6.54 Å². The van der Waals surface area contributed by atoms with E-state index < -0.39 is 0 Å². The van der Waals surface area contributed by atoms with Crippen LogP contribution in [0.3, 0.4) is 0 Å². The normalized spacial score (nSPS) is 8.28. The molecule has 0 radical (unpaired) electrons. The summed E-state index contributed by atoms with van der Waals surface area (Å²) in [4.78, 5) is 0. The number of nitrogens with zero attached hydrogens (tertiary/aromatic N) is 4. The Morgan fingerprint density at radius 1 is 0.944 bits per heavy atom. The molecule has 0 aliphatic heterocycles. The maximum atomic E-state index is 8.81. The minimum Gasteiger partial charge on any atom is -0.326 e. The van der Waals surface area contributed by atoms with Crippen LogP contribution in [-0.2, 0) is 6.54 Å². The molecule has 0 fully saturated rings. The van der Waals surface area contributed by atoms with E-state index in [1.165, 1.54) is 12.1 Å². The molecule has 0 heterocycles. The first-order valence-electron chi connectivity index (χ1n) is 4.89. The average molecular weight is 233 g/mol.